The van der Waals surface area contributed by atoms with Crippen molar-refractivity contribution in [3.05, 3.63) is 11.4 Å². The molecular formula is C13H17N5O5. The zero-order chi connectivity index (χ0) is 16.4. The van der Waals surface area contributed by atoms with Gasteiger partial charge in [-0.25, -0.2) is 4.63 Å². The molecule has 2 aliphatic heterocycles. The number of hydrogen-bond acceptors (Lipinski definition) is 7. The van der Waals surface area contributed by atoms with E-state index in [9.17, 15) is 14.4 Å². The minimum atomic E-state index is -0.514. The van der Waals surface area contributed by atoms with Crippen LogP contribution in [0.25, 0.3) is 0 Å². The van der Waals surface area contributed by atoms with Gasteiger partial charge in [0.1, 0.15) is 17.9 Å². The van der Waals surface area contributed by atoms with Crippen molar-refractivity contribution in [3.8, 4) is 0 Å². The molecule has 0 saturated carbocycles. The lowest BCUT2D eigenvalue weighted by molar-refractivity contribution is -0.143. The molecule has 2 fully saturated rings. The largest absolute Gasteiger partial charge is 0.361 e. The predicted molar refractivity (Wildman–Crippen MR) is 74.3 cm³/mol. The van der Waals surface area contributed by atoms with Crippen LogP contribution in [0.15, 0.2) is 4.63 Å². The van der Waals surface area contributed by atoms with E-state index in [0.717, 1.165) is 0 Å². The van der Waals surface area contributed by atoms with Crippen molar-refractivity contribution in [1.29, 1.82) is 0 Å². The first kappa shape index (κ1) is 15.4. The lowest BCUT2D eigenvalue weighted by Crippen LogP contribution is -2.54. The Morgan fingerprint density at radius 3 is 2.91 bits per heavy atom. The van der Waals surface area contributed by atoms with Crippen molar-refractivity contribution in [2.75, 3.05) is 32.8 Å². The smallest absolute Gasteiger partial charge is 0.275 e. The molecule has 1 spiro atoms. The molecule has 2 saturated heterocycles. The molecule has 10 heteroatoms. The highest BCUT2D eigenvalue weighted by molar-refractivity contribution is 5.95. The summed E-state index contributed by atoms with van der Waals surface area (Å²) in [4.78, 5) is 36.8. The number of aryl methyl sites for hydroxylation is 1. The molecular weight excluding hydrogens is 306 g/mol. The number of aromatic nitrogens is 2. The molecule has 0 bridgehead atoms. The molecule has 1 aromatic rings. The maximum atomic E-state index is 12.2. The first-order valence-corrected chi connectivity index (χ1v) is 7.25. The molecule has 1 aromatic heterocycles. The third kappa shape index (κ3) is 3.16. The first-order valence-electron chi connectivity index (χ1n) is 7.25. The average Bonchev–Trinajstić information content (AvgIpc) is 3.15. The summed E-state index contributed by atoms with van der Waals surface area (Å²) in [5.41, 5.74) is -0.0874. The van der Waals surface area contributed by atoms with Crippen molar-refractivity contribution in [2.45, 2.75) is 18.9 Å². The molecule has 3 amide bonds. The zero-order valence-electron chi connectivity index (χ0n) is 12.6. The highest BCUT2D eigenvalue weighted by atomic mass is 16.6. The number of rotatable bonds is 3. The summed E-state index contributed by atoms with van der Waals surface area (Å²) in [5.74, 6) is -0.874. The van der Waals surface area contributed by atoms with Crippen molar-refractivity contribution in [1.82, 2.24) is 25.8 Å². The summed E-state index contributed by atoms with van der Waals surface area (Å²) in [6.07, 6.45) is 0.652. The minimum absolute atomic E-state index is 0.0111. The summed E-state index contributed by atoms with van der Waals surface area (Å²) in [7, 11) is 0. The Morgan fingerprint density at radius 1 is 1.43 bits per heavy atom. The normalized spacial score (nSPS) is 23.9. The van der Waals surface area contributed by atoms with Crippen molar-refractivity contribution in [2.24, 2.45) is 0 Å². The fourth-order valence-corrected chi connectivity index (χ4v) is 2.69. The van der Waals surface area contributed by atoms with E-state index >= 15 is 0 Å². The van der Waals surface area contributed by atoms with Gasteiger partial charge in [0.05, 0.1) is 13.1 Å². The SMILES string of the molecule is Cc1nonc1C(=O)NCC(=O)N1CCC2(CNC(=O)CO2)C1. The Balaban J connectivity index is 1.51. The van der Waals surface area contributed by atoms with Gasteiger partial charge in [-0.2, -0.15) is 0 Å². The van der Waals surface area contributed by atoms with Gasteiger partial charge < -0.3 is 20.3 Å². The number of likely N-dealkylation sites (tertiary alicyclic amines) is 1. The van der Waals surface area contributed by atoms with Crippen LogP contribution in [-0.2, 0) is 14.3 Å². The summed E-state index contributed by atoms with van der Waals surface area (Å²) in [6, 6.07) is 0. The summed E-state index contributed by atoms with van der Waals surface area (Å²) < 4.78 is 10.0. The van der Waals surface area contributed by atoms with Crippen molar-refractivity contribution >= 4 is 17.7 Å². The second-order valence-electron chi connectivity index (χ2n) is 5.69. The second-order valence-corrected chi connectivity index (χ2v) is 5.69. The molecule has 3 heterocycles. The molecule has 1 unspecified atom stereocenters. The summed E-state index contributed by atoms with van der Waals surface area (Å²) in [6.45, 7) is 2.77. The number of hydrogen-bond donors (Lipinski definition) is 2. The Kier molecular flexibility index (Phi) is 3.99. The van der Waals surface area contributed by atoms with E-state index in [2.05, 4.69) is 25.6 Å². The standard InChI is InChI=1S/C13H17N5O5/c1-8-11(17-23-16-8)12(21)14-4-10(20)18-3-2-13(7-18)6-15-9(19)5-22-13/h2-7H2,1H3,(H,14,21)(H,15,19). The molecule has 10 nitrogen and oxygen atoms in total. The number of morpholine rings is 1. The molecule has 2 N–H and O–H groups in total. The highest BCUT2D eigenvalue weighted by Crippen LogP contribution is 2.26. The lowest BCUT2D eigenvalue weighted by atomic mass is 10.0. The van der Waals surface area contributed by atoms with Gasteiger partial charge in [-0.05, 0) is 18.5 Å². The third-order valence-corrected chi connectivity index (χ3v) is 4.05. The fraction of sp³-hybridized carbons (Fsp3) is 0.615. The molecule has 2 aliphatic rings. The van der Waals surface area contributed by atoms with Crippen LogP contribution < -0.4 is 10.6 Å². The number of carbonyl (C=O) groups excluding carboxylic acids is 3. The third-order valence-electron chi connectivity index (χ3n) is 4.05. The highest BCUT2D eigenvalue weighted by Gasteiger charge is 2.43. The van der Waals surface area contributed by atoms with E-state index < -0.39 is 11.5 Å². The van der Waals surface area contributed by atoms with E-state index in [4.69, 9.17) is 4.74 Å². The predicted octanol–water partition coefficient (Wildman–Crippen LogP) is -1.77. The quantitative estimate of drug-likeness (QED) is 0.673. The number of carbonyl (C=O) groups is 3. The van der Waals surface area contributed by atoms with E-state index in [1.165, 1.54) is 0 Å². The van der Waals surface area contributed by atoms with Gasteiger partial charge in [0.25, 0.3) is 5.91 Å². The Labute approximate surface area is 131 Å². The van der Waals surface area contributed by atoms with Gasteiger partial charge in [0.2, 0.25) is 11.8 Å². The Morgan fingerprint density at radius 2 is 2.26 bits per heavy atom. The summed E-state index contributed by atoms with van der Waals surface area (Å²) in [5, 5.41) is 12.2. The fourth-order valence-electron chi connectivity index (χ4n) is 2.69. The van der Waals surface area contributed by atoms with Gasteiger partial charge >= 0.3 is 0 Å². The van der Waals surface area contributed by atoms with Crippen LogP contribution in [0, 0.1) is 6.92 Å². The van der Waals surface area contributed by atoms with E-state index in [-0.39, 0.29) is 30.7 Å². The van der Waals surface area contributed by atoms with Gasteiger partial charge in [-0.1, -0.05) is 5.16 Å². The van der Waals surface area contributed by atoms with Gasteiger partial charge in [0, 0.05) is 13.1 Å². The topological polar surface area (TPSA) is 127 Å². The number of amides is 3. The lowest BCUT2D eigenvalue weighted by Gasteiger charge is -2.33. The molecule has 0 radical (unpaired) electrons. The number of nitrogens with zero attached hydrogens (tertiary/aromatic N) is 3. The maximum absolute atomic E-state index is 12.2. The van der Waals surface area contributed by atoms with E-state index in [0.29, 0.717) is 31.7 Å². The van der Waals surface area contributed by atoms with Gasteiger partial charge in [-0.15, -0.1) is 0 Å². The molecule has 1 atom stereocenters. The van der Waals surface area contributed by atoms with Crippen LogP contribution in [0.5, 0.6) is 0 Å². The van der Waals surface area contributed by atoms with Crippen LogP contribution in [0.1, 0.15) is 22.6 Å². The molecule has 0 aliphatic carbocycles. The van der Waals surface area contributed by atoms with Crippen LogP contribution >= 0.6 is 0 Å². The Hall–Kier alpha value is -2.49. The monoisotopic (exact) mass is 323 g/mol. The van der Waals surface area contributed by atoms with E-state index in [1.54, 1.807) is 11.8 Å². The van der Waals surface area contributed by atoms with Crippen LogP contribution in [0.4, 0.5) is 0 Å². The molecule has 23 heavy (non-hydrogen) atoms. The molecule has 3 rings (SSSR count). The Bertz CT molecular complexity index is 632. The summed E-state index contributed by atoms with van der Waals surface area (Å²) >= 11 is 0. The number of nitrogens with one attached hydrogen (secondary N) is 2. The molecule has 0 aromatic carbocycles. The van der Waals surface area contributed by atoms with Crippen molar-refractivity contribution < 1.29 is 23.7 Å². The maximum Gasteiger partial charge on any atom is 0.275 e. The van der Waals surface area contributed by atoms with Crippen LogP contribution in [0.2, 0.25) is 0 Å². The second kappa shape index (κ2) is 5.95. The molecule has 124 valence electrons. The van der Waals surface area contributed by atoms with Crippen LogP contribution in [0.3, 0.4) is 0 Å². The zero-order valence-corrected chi connectivity index (χ0v) is 12.6. The van der Waals surface area contributed by atoms with E-state index in [1.807, 2.05) is 0 Å². The van der Waals surface area contributed by atoms with Gasteiger partial charge in [-0.3, -0.25) is 14.4 Å². The first-order chi connectivity index (χ1) is 11.0. The number of ether oxygens (including phenoxy) is 1. The van der Waals surface area contributed by atoms with Crippen molar-refractivity contribution in [3.63, 3.8) is 0 Å². The van der Waals surface area contributed by atoms with Gasteiger partial charge in [0.15, 0.2) is 5.69 Å². The average molecular weight is 323 g/mol. The van der Waals surface area contributed by atoms with Crippen LogP contribution in [-0.4, -0.2) is 71.3 Å². The minimum Gasteiger partial charge on any atom is -0.361 e.